The number of nitrogens with one attached hydrogen (secondary N) is 2. The van der Waals surface area contributed by atoms with Crippen LogP contribution in [0, 0.1) is 5.82 Å². The Balaban J connectivity index is 1.91. The quantitative estimate of drug-likeness (QED) is 0.418. The lowest BCUT2D eigenvalue weighted by Crippen LogP contribution is -2.39. The second kappa shape index (κ2) is 11.8. The van der Waals surface area contributed by atoms with Crippen LogP contribution in [0.25, 0.3) is 0 Å². The summed E-state index contributed by atoms with van der Waals surface area (Å²) >= 11 is 0. The molecule has 0 aromatic heterocycles. The van der Waals surface area contributed by atoms with Crippen molar-refractivity contribution in [2.75, 3.05) is 37.4 Å². The van der Waals surface area contributed by atoms with E-state index in [1.54, 1.807) is 47.4 Å². The predicted octanol–water partition coefficient (Wildman–Crippen LogP) is 4.43. The Morgan fingerprint density at radius 3 is 2.22 bits per heavy atom. The summed E-state index contributed by atoms with van der Waals surface area (Å²) in [5, 5.41) is 2.81. The molecule has 0 heterocycles. The molecule has 0 fully saturated rings. The number of urea groups is 1. The fourth-order valence-electron chi connectivity index (χ4n) is 3.66. The first-order valence-electron chi connectivity index (χ1n) is 11.4. The number of hydrogen-bond donors (Lipinski definition) is 2. The number of nitrogens with zero attached hydrogens (tertiary/aromatic N) is 2. The Morgan fingerprint density at radius 1 is 0.972 bits per heavy atom. The molecule has 36 heavy (non-hydrogen) atoms. The molecule has 0 atom stereocenters. The van der Waals surface area contributed by atoms with Gasteiger partial charge >= 0.3 is 6.03 Å². The van der Waals surface area contributed by atoms with Gasteiger partial charge in [0.05, 0.1) is 12.0 Å². The first kappa shape index (κ1) is 26.8. The summed E-state index contributed by atoms with van der Waals surface area (Å²) in [5.74, 6) is 0.202. The first-order valence-corrected chi connectivity index (χ1v) is 12.9. The highest BCUT2D eigenvalue weighted by Gasteiger charge is 2.19. The van der Waals surface area contributed by atoms with E-state index in [1.165, 1.54) is 31.4 Å². The van der Waals surface area contributed by atoms with E-state index in [9.17, 15) is 17.6 Å². The molecule has 0 aliphatic heterocycles. The van der Waals surface area contributed by atoms with Gasteiger partial charge in [-0.1, -0.05) is 12.1 Å². The molecule has 0 saturated carbocycles. The highest BCUT2D eigenvalue weighted by Crippen LogP contribution is 2.27. The Bertz CT molecular complexity index is 1280. The van der Waals surface area contributed by atoms with Crippen LogP contribution in [0.4, 0.5) is 20.6 Å². The first-order chi connectivity index (χ1) is 17.1. The summed E-state index contributed by atoms with van der Waals surface area (Å²) in [6, 6.07) is 17.0. The zero-order chi connectivity index (χ0) is 26.3. The normalized spacial score (nSPS) is 11.0. The van der Waals surface area contributed by atoms with Crippen molar-refractivity contribution in [1.82, 2.24) is 10.2 Å². The van der Waals surface area contributed by atoms with Gasteiger partial charge in [-0.15, -0.1) is 0 Å². The second-order valence-electron chi connectivity index (χ2n) is 8.34. The van der Waals surface area contributed by atoms with Crippen molar-refractivity contribution in [2.24, 2.45) is 0 Å². The third kappa shape index (κ3) is 6.88. The standard InChI is InChI=1S/C26H31FN4O4S/c1-5-28-26(32)31(17-19-6-8-21(27)9-7-19)18-20-16-22(10-15-25(20)30(2)3)29-36(33,34)24-13-11-23(35-4)12-14-24/h6-16,29H,5,17-18H2,1-4H3,(H,28,32). The SMILES string of the molecule is CCNC(=O)N(Cc1ccc(F)cc1)Cc1cc(NS(=O)(=O)c2ccc(OC)cc2)ccc1N(C)C. The summed E-state index contributed by atoms with van der Waals surface area (Å²) in [7, 11) is 1.41. The van der Waals surface area contributed by atoms with Crippen LogP contribution in [0.5, 0.6) is 5.75 Å². The van der Waals surface area contributed by atoms with Crippen LogP contribution in [-0.2, 0) is 23.1 Å². The van der Waals surface area contributed by atoms with E-state index in [2.05, 4.69) is 10.0 Å². The lowest BCUT2D eigenvalue weighted by Gasteiger charge is -2.26. The van der Waals surface area contributed by atoms with Crippen molar-refractivity contribution in [3.05, 3.63) is 83.7 Å². The zero-order valence-corrected chi connectivity index (χ0v) is 21.6. The van der Waals surface area contributed by atoms with Gasteiger partial charge in [-0.05, 0) is 72.6 Å². The molecule has 0 spiro atoms. The van der Waals surface area contributed by atoms with Crippen LogP contribution in [0.1, 0.15) is 18.1 Å². The molecule has 0 aliphatic rings. The van der Waals surface area contributed by atoms with Crippen LogP contribution in [0.3, 0.4) is 0 Å². The van der Waals surface area contributed by atoms with Crippen LogP contribution < -0.4 is 19.7 Å². The average Bonchev–Trinajstić information content (AvgIpc) is 2.85. The maximum absolute atomic E-state index is 13.4. The molecule has 10 heteroatoms. The molecule has 2 amide bonds. The molecule has 0 aliphatic carbocycles. The minimum Gasteiger partial charge on any atom is -0.497 e. The van der Waals surface area contributed by atoms with E-state index in [0.29, 0.717) is 18.0 Å². The number of methoxy groups -OCH3 is 1. The van der Waals surface area contributed by atoms with E-state index >= 15 is 0 Å². The van der Waals surface area contributed by atoms with E-state index in [1.807, 2.05) is 25.9 Å². The summed E-state index contributed by atoms with van der Waals surface area (Å²) in [4.78, 5) is 16.4. The molecule has 0 radical (unpaired) electrons. The zero-order valence-electron chi connectivity index (χ0n) is 20.8. The van der Waals surface area contributed by atoms with Crippen molar-refractivity contribution >= 4 is 27.4 Å². The van der Waals surface area contributed by atoms with E-state index in [-0.39, 0.29) is 29.8 Å². The number of halogens is 1. The number of carbonyl (C=O) groups is 1. The highest BCUT2D eigenvalue weighted by atomic mass is 32.2. The molecule has 3 rings (SSSR count). The Morgan fingerprint density at radius 2 is 1.64 bits per heavy atom. The minimum atomic E-state index is -3.84. The molecule has 8 nitrogen and oxygen atoms in total. The van der Waals surface area contributed by atoms with Gasteiger partial charge in [0.2, 0.25) is 0 Å². The number of sulfonamides is 1. The topological polar surface area (TPSA) is 91.0 Å². The van der Waals surface area contributed by atoms with Gasteiger partial charge in [-0.3, -0.25) is 4.72 Å². The summed E-state index contributed by atoms with van der Waals surface area (Å²) < 4.78 is 47.0. The van der Waals surface area contributed by atoms with Gasteiger partial charge in [0.15, 0.2) is 0 Å². The van der Waals surface area contributed by atoms with Crippen LogP contribution in [-0.4, -0.2) is 47.1 Å². The molecule has 3 aromatic rings. The average molecular weight is 515 g/mol. The molecule has 192 valence electrons. The molecule has 2 N–H and O–H groups in total. The van der Waals surface area contributed by atoms with E-state index in [0.717, 1.165) is 16.8 Å². The summed E-state index contributed by atoms with van der Waals surface area (Å²) in [6.45, 7) is 2.73. The monoisotopic (exact) mass is 514 g/mol. The fourth-order valence-corrected chi connectivity index (χ4v) is 4.71. The lowest BCUT2D eigenvalue weighted by atomic mass is 10.1. The van der Waals surface area contributed by atoms with Crippen molar-refractivity contribution in [2.45, 2.75) is 24.9 Å². The number of anilines is 2. The third-order valence-electron chi connectivity index (χ3n) is 5.45. The Kier molecular flexibility index (Phi) is 8.76. The highest BCUT2D eigenvalue weighted by molar-refractivity contribution is 7.92. The third-order valence-corrected chi connectivity index (χ3v) is 6.84. The Hall–Kier alpha value is -3.79. The largest absolute Gasteiger partial charge is 0.497 e. The molecular weight excluding hydrogens is 483 g/mol. The van der Waals surface area contributed by atoms with Gasteiger partial charge < -0.3 is 19.9 Å². The van der Waals surface area contributed by atoms with E-state index in [4.69, 9.17) is 4.74 Å². The predicted molar refractivity (Wildman–Crippen MR) is 139 cm³/mol. The number of amides is 2. The van der Waals surface area contributed by atoms with Gasteiger partial charge in [-0.25, -0.2) is 17.6 Å². The maximum atomic E-state index is 13.4. The molecular formula is C26H31FN4O4S. The van der Waals surface area contributed by atoms with Crippen LogP contribution >= 0.6 is 0 Å². The Labute approximate surface area is 211 Å². The van der Waals surface area contributed by atoms with Gasteiger partial charge in [0, 0.05) is 45.1 Å². The summed E-state index contributed by atoms with van der Waals surface area (Å²) in [6.07, 6.45) is 0. The van der Waals surface area contributed by atoms with E-state index < -0.39 is 10.0 Å². The number of ether oxygens (including phenoxy) is 1. The number of rotatable bonds is 10. The number of benzene rings is 3. The lowest BCUT2D eigenvalue weighted by molar-refractivity contribution is 0.193. The molecule has 0 bridgehead atoms. The summed E-state index contributed by atoms with van der Waals surface area (Å²) in [5.41, 5.74) is 2.70. The van der Waals surface area contributed by atoms with Crippen LogP contribution in [0.15, 0.2) is 71.6 Å². The van der Waals surface area contributed by atoms with Gasteiger partial charge in [0.25, 0.3) is 10.0 Å². The number of carbonyl (C=O) groups excluding carboxylic acids is 1. The van der Waals surface area contributed by atoms with Gasteiger partial charge in [-0.2, -0.15) is 0 Å². The van der Waals surface area contributed by atoms with Crippen molar-refractivity contribution in [3.63, 3.8) is 0 Å². The second-order valence-corrected chi connectivity index (χ2v) is 10.0. The molecule has 3 aromatic carbocycles. The number of hydrogen-bond acceptors (Lipinski definition) is 5. The molecule has 0 saturated heterocycles. The van der Waals surface area contributed by atoms with Crippen LogP contribution in [0.2, 0.25) is 0 Å². The van der Waals surface area contributed by atoms with Crippen molar-refractivity contribution in [1.29, 1.82) is 0 Å². The smallest absolute Gasteiger partial charge is 0.317 e. The van der Waals surface area contributed by atoms with Gasteiger partial charge in [0.1, 0.15) is 11.6 Å². The minimum absolute atomic E-state index is 0.0989. The van der Waals surface area contributed by atoms with Crippen molar-refractivity contribution < 1.29 is 22.3 Å². The molecule has 0 unspecified atom stereocenters. The fraction of sp³-hybridized carbons (Fsp3) is 0.269. The maximum Gasteiger partial charge on any atom is 0.317 e. The van der Waals surface area contributed by atoms with Crippen molar-refractivity contribution in [3.8, 4) is 5.75 Å².